The van der Waals surface area contributed by atoms with Crippen LogP contribution in [0.25, 0.3) is 0 Å². The van der Waals surface area contributed by atoms with Gasteiger partial charge in [-0.05, 0) is 38.4 Å². The van der Waals surface area contributed by atoms with E-state index in [9.17, 15) is 9.59 Å². The summed E-state index contributed by atoms with van der Waals surface area (Å²) in [4.78, 5) is 26.3. The van der Waals surface area contributed by atoms with E-state index in [1.807, 2.05) is 19.9 Å². The number of rotatable bonds is 5. The van der Waals surface area contributed by atoms with E-state index in [1.54, 1.807) is 0 Å². The number of Topliss-reactive ketones (excluding diaryl/α,β-unsaturated/α-hetero) is 1. The van der Waals surface area contributed by atoms with Crippen LogP contribution in [-0.2, 0) is 18.8 Å². The van der Waals surface area contributed by atoms with Crippen molar-refractivity contribution in [3.05, 3.63) is 11.6 Å². The van der Waals surface area contributed by atoms with Crippen molar-refractivity contribution in [2.45, 2.75) is 96.4 Å². The van der Waals surface area contributed by atoms with Crippen molar-refractivity contribution in [3.8, 4) is 11.5 Å². The molecule has 1 fully saturated rings. The average molecular weight is 421 g/mol. The standard InChI is InChI=1S/C22H36O4Si2/c1-9-28(10-2,11-3)26-22-16-18(23)17(14-15-27(6,7)8)12-13-19(22)21(4,5)25-20(22)24/h12,19H,9-11,13,16H2,1-8H3/t19-,22+/m0/s1. The molecule has 0 bridgehead atoms. The predicted octanol–water partition coefficient (Wildman–Crippen LogP) is 4.87. The Morgan fingerprint density at radius 3 is 2.21 bits per heavy atom. The van der Waals surface area contributed by atoms with Crippen LogP contribution in [0.15, 0.2) is 11.6 Å². The molecule has 0 aromatic rings. The minimum Gasteiger partial charge on any atom is -0.457 e. The van der Waals surface area contributed by atoms with Gasteiger partial charge in [-0.1, -0.05) is 52.4 Å². The van der Waals surface area contributed by atoms with Gasteiger partial charge in [0.25, 0.3) is 0 Å². The largest absolute Gasteiger partial charge is 0.457 e. The van der Waals surface area contributed by atoms with Crippen LogP contribution in [0.4, 0.5) is 0 Å². The van der Waals surface area contributed by atoms with Gasteiger partial charge in [0, 0.05) is 5.92 Å². The summed E-state index contributed by atoms with van der Waals surface area (Å²) in [5.41, 5.74) is 2.00. The van der Waals surface area contributed by atoms with E-state index in [-0.39, 0.29) is 24.1 Å². The Morgan fingerprint density at radius 2 is 1.71 bits per heavy atom. The average Bonchev–Trinajstić information content (AvgIpc) is 2.70. The number of fused-ring (bicyclic) bond motifs is 1. The van der Waals surface area contributed by atoms with Crippen LogP contribution < -0.4 is 0 Å². The summed E-state index contributed by atoms with van der Waals surface area (Å²) < 4.78 is 12.6. The van der Waals surface area contributed by atoms with Gasteiger partial charge in [0.15, 0.2) is 19.7 Å². The predicted molar refractivity (Wildman–Crippen MR) is 118 cm³/mol. The van der Waals surface area contributed by atoms with Crippen LogP contribution in [0.3, 0.4) is 0 Å². The van der Waals surface area contributed by atoms with E-state index < -0.39 is 27.6 Å². The number of allylic oxidation sites excluding steroid dienone is 2. The van der Waals surface area contributed by atoms with Gasteiger partial charge in [-0.2, -0.15) is 0 Å². The first-order valence-electron chi connectivity index (χ1n) is 10.5. The minimum absolute atomic E-state index is 0.0426. The van der Waals surface area contributed by atoms with E-state index in [0.717, 1.165) is 18.1 Å². The van der Waals surface area contributed by atoms with E-state index in [2.05, 4.69) is 51.9 Å². The number of ether oxygens (including phenoxy) is 1. The van der Waals surface area contributed by atoms with E-state index >= 15 is 0 Å². The van der Waals surface area contributed by atoms with Crippen LogP contribution in [0.1, 0.15) is 47.5 Å². The van der Waals surface area contributed by atoms with Gasteiger partial charge in [-0.25, -0.2) is 4.79 Å². The molecule has 0 aromatic carbocycles. The highest BCUT2D eigenvalue weighted by Crippen LogP contribution is 2.50. The van der Waals surface area contributed by atoms with Gasteiger partial charge < -0.3 is 9.16 Å². The highest BCUT2D eigenvalue weighted by Gasteiger charge is 2.64. The molecule has 0 N–H and O–H groups in total. The third-order valence-electron chi connectivity index (χ3n) is 6.29. The fourth-order valence-corrected chi connectivity index (χ4v) is 7.84. The molecular formula is C22H36O4Si2. The maximum Gasteiger partial charge on any atom is 0.338 e. The smallest absolute Gasteiger partial charge is 0.338 e. The van der Waals surface area contributed by atoms with Gasteiger partial charge >= 0.3 is 5.97 Å². The minimum atomic E-state index is -2.13. The lowest BCUT2D eigenvalue weighted by Gasteiger charge is -2.41. The summed E-state index contributed by atoms with van der Waals surface area (Å²) in [5.74, 6) is 2.50. The number of carbonyl (C=O) groups excluding carboxylic acids is 2. The second-order valence-electron chi connectivity index (χ2n) is 9.73. The number of cyclic esters (lactones) is 1. The molecule has 0 unspecified atom stereocenters. The van der Waals surface area contributed by atoms with Gasteiger partial charge in [-0.3, -0.25) is 4.79 Å². The zero-order valence-corrected chi connectivity index (χ0v) is 20.8. The second-order valence-corrected chi connectivity index (χ2v) is 19.2. The lowest BCUT2D eigenvalue weighted by Crippen LogP contribution is -2.55. The Bertz CT molecular complexity index is 724. The highest BCUT2D eigenvalue weighted by molar-refractivity contribution is 6.84. The van der Waals surface area contributed by atoms with Crippen molar-refractivity contribution >= 4 is 28.1 Å². The molecule has 6 heteroatoms. The molecule has 2 rings (SSSR count). The number of ketones is 1. The summed E-state index contributed by atoms with van der Waals surface area (Å²) in [6.07, 6.45) is 2.53. The molecule has 0 saturated carbocycles. The molecule has 1 saturated heterocycles. The molecule has 4 nitrogen and oxygen atoms in total. The number of hydrogen-bond donors (Lipinski definition) is 0. The molecule has 0 aromatic heterocycles. The molecule has 2 aliphatic rings. The van der Waals surface area contributed by atoms with Crippen molar-refractivity contribution in [2.75, 3.05) is 0 Å². The first kappa shape index (κ1) is 23.1. The van der Waals surface area contributed by atoms with Crippen LogP contribution in [0.2, 0.25) is 37.8 Å². The Morgan fingerprint density at radius 1 is 1.14 bits per heavy atom. The molecule has 2 atom stereocenters. The van der Waals surface area contributed by atoms with Crippen molar-refractivity contribution in [1.29, 1.82) is 0 Å². The summed E-state index contributed by atoms with van der Waals surface area (Å²) in [5, 5.41) is 0. The maximum atomic E-state index is 13.2. The summed E-state index contributed by atoms with van der Waals surface area (Å²) >= 11 is 0. The Labute approximate surface area is 172 Å². The first-order valence-corrected chi connectivity index (χ1v) is 16.6. The van der Waals surface area contributed by atoms with Gasteiger partial charge in [0.1, 0.15) is 13.7 Å². The number of hydrogen-bond acceptors (Lipinski definition) is 4. The molecule has 1 aliphatic heterocycles. The van der Waals surface area contributed by atoms with Gasteiger partial charge in [-0.15, -0.1) is 5.54 Å². The summed E-state index contributed by atoms with van der Waals surface area (Å²) in [6.45, 7) is 16.8. The quantitative estimate of drug-likeness (QED) is 0.362. The van der Waals surface area contributed by atoms with Crippen LogP contribution in [0.5, 0.6) is 0 Å². The third kappa shape index (κ3) is 4.37. The summed E-state index contributed by atoms with van der Waals surface area (Å²) in [6, 6.07) is 2.77. The normalized spacial score (nSPS) is 27.3. The molecule has 0 spiro atoms. The fraction of sp³-hybridized carbons (Fsp3) is 0.727. The van der Waals surface area contributed by atoms with E-state index in [4.69, 9.17) is 9.16 Å². The van der Waals surface area contributed by atoms with Crippen molar-refractivity contribution in [2.24, 2.45) is 5.92 Å². The zero-order valence-electron chi connectivity index (χ0n) is 18.8. The number of esters is 1. The lowest BCUT2D eigenvalue weighted by atomic mass is 9.76. The number of carbonyl (C=O) groups is 2. The Kier molecular flexibility index (Phi) is 6.54. The fourth-order valence-electron chi connectivity index (χ4n) is 4.33. The van der Waals surface area contributed by atoms with Crippen LogP contribution in [0, 0.1) is 17.4 Å². The van der Waals surface area contributed by atoms with Crippen molar-refractivity contribution < 1.29 is 18.8 Å². The first-order chi connectivity index (χ1) is 12.8. The highest BCUT2D eigenvalue weighted by atomic mass is 28.4. The molecule has 156 valence electrons. The molecular weight excluding hydrogens is 384 g/mol. The summed E-state index contributed by atoms with van der Waals surface area (Å²) in [7, 11) is -3.73. The monoisotopic (exact) mass is 420 g/mol. The molecule has 1 aliphatic carbocycles. The molecule has 28 heavy (non-hydrogen) atoms. The third-order valence-corrected chi connectivity index (χ3v) is 11.8. The van der Waals surface area contributed by atoms with E-state index in [1.165, 1.54) is 0 Å². The Hall–Kier alpha value is -1.17. The van der Waals surface area contributed by atoms with Crippen LogP contribution >= 0.6 is 0 Å². The molecule has 0 radical (unpaired) electrons. The van der Waals surface area contributed by atoms with Crippen molar-refractivity contribution in [3.63, 3.8) is 0 Å². The lowest BCUT2D eigenvalue weighted by molar-refractivity contribution is -0.158. The second kappa shape index (κ2) is 7.93. The molecule has 1 heterocycles. The van der Waals surface area contributed by atoms with Crippen molar-refractivity contribution in [1.82, 2.24) is 0 Å². The Balaban J connectivity index is 2.52. The van der Waals surface area contributed by atoms with Gasteiger partial charge in [0.2, 0.25) is 0 Å². The van der Waals surface area contributed by atoms with E-state index in [0.29, 0.717) is 12.0 Å². The zero-order chi connectivity index (χ0) is 21.4. The van der Waals surface area contributed by atoms with Gasteiger partial charge in [0.05, 0.1) is 12.0 Å². The topological polar surface area (TPSA) is 52.6 Å². The maximum absolute atomic E-state index is 13.2. The van der Waals surface area contributed by atoms with Crippen LogP contribution in [-0.4, -0.2) is 39.3 Å². The molecule has 0 amide bonds. The SMILES string of the molecule is CC[Si](CC)(CC)O[C@]12CC(=O)C(C#C[Si](C)(C)C)=CC[C@H]1C(C)(C)OC2=O.